The SMILES string of the molecule is COc1cc(F)c(C2CCOCC2)c2c1CC(NC(=O)c1ccc(C(=O)N(C)C)cc1)=N2. The van der Waals surface area contributed by atoms with E-state index in [1.54, 1.807) is 38.4 Å². The average Bonchev–Trinajstić information content (AvgIpc) is 3.21. The summed E-state index contributed by atoms with van der Waals surface area (Å²) in [5.41, 5.74) is 2.80. The van der Waals surface area contributed by atoms with Gasteiger partial charge in [-0.05, 0) is 43.0 Å². The van der Waals surface area contributed by atoms with Crippen LogP contribution in [0.25, 0.3) is 0 Å². The smallest absolute Gasteiger partial charge is 0.256 e. The summed E-state index contributed by atoms with van der Waals surface area (Å²) in [6.45, 7) is 1.18. The average molecular weight is 439 g/mol. The molecule has 1 fully saturated rings. The molecule has 2 amide bonds. The summed E-state index contributed by atoms with van der Waals surface area (Å²) >= 11 is 0. The van der Waals surface area contributed by atoms with Gasteiger partial charge in [0.1, 0.15) is 17.4 Å². The van der Waals surface area contributed by atoms with E-state index in [0.29, 0.717) is 53.6 Å². The molecule has 0 atom stereocenters. The van der Waals surface area contributed by atoms with Gasteiger partial charge >= 0.3 is 0 Å². The van der Waals surface area contributed by atoms with Gasteiger partial charge in [0.25, 0.3) is 11.8 Å². The van der Waals surface area contributed by atoms with Crippen molar-refractivity contribution in [3.05, 3.63) is 58.4 Å². The molecule has 2 aromatic carbocycles. The van der Waals surface area contributed by atoms with Gasteiger partial charge in [-0.15, -0.1) is 0 Å². The van der Waals surface area contributed by atoms with Crippen molar-refractivity contribution in [3.63, 3.8) is 0 Å². The van der Waals surface area contributed by atoms with Gasteiger partial charge in [-0.1, -0.05) is 0 Å². The van der Waals surface area contributed by atoms with E-state index in [-0.39, 0.29) is 23.5 Å². The number of amides is 2. The Kier molecular flexibility index (Phi) is 6.23. The first-order chi connectivity index (χ1) is 15.4. The normalized spacial score (nSPS) is 15.7. The minimum atomic E-state index is -0.343. The van der Waals surface area contributed by atoms with Crippen LogP contribution < -0.4 is 10.1 Å². The fourth-order valence-corrected chi connectivity index (χ4v) is 4.17. The third-order valence-corrected chi connectivity index (χ3v) is 5.85. The lowest BCUT2D eigenvalue weighted by molar-refractivity contribution is 0.0826. The molecular formula is C24H26FN3O4. The van der Waals surface area contributed by atoms with Crippen LogP contribution in [0, 0.1) is 5.82 Å². The zero-order valence-corrected chi connectivity index (χ0v) is 18.4. The van der Waals surface area contributed by atoms with E-state index in [2.05, 4.69) is 10.3 Å². The van der Waals surface area contributed by atoms with Crippen LogP contribution in [0.15, 0.2) is 35.3 Å². The number of methoxy groups -OCH3 is 1. The van der Waals surface area contributed by atoms with Gasteiger partial charge < -0.3 is 19.7 Å². The largest absolute Gasteiger partial charge is 0.496 e. The van der Waals surface area contributed by atoms with Crippen molar-refractivity contribution in [2.24, 2.45) is 4.99 Å². The second kappa shape index (κ2) is 9.08. The van der Waals surface area contributed by atoms with Crippen LogP contribution >= 0.6 is 0 Å². The summed E-state index contributed by atoms with van der Waals surface area (Å²) in [5.74, 6) is 0.0623. The Hall–Kier alpha value is -3.26. The Morgan fingerprint density at radius 1 is 1.16 bits per heavy atom. The van der Waals surface area contributed by atoms with Gasteiger partial charge in [-0.3, -0.25) is 9.59 Å². The predicted molar refractivity (Wildman–Crippen MR) is 118 cm³/mol. The number of carbonyl (C=O) groups is 2. The van der Waals surface area contributed by atoms with Crippen molar-refractivity contribution in [1.82, 2.24) is 10.2 Å². The number of amidine groups is 1. The molecule has 0 unspecified atom stereocenters. The van der Waals surface area contributed by atoms with E-state index in [1.165, 1.54) is 18.1 Å². The second-order valence-corrected chi connectivity index (χ2v) is 8.15. The first-order valence-corrected chi connectivity index (χ1v) is 10.6. The molecule has 2 aromatic rings. The Labute approximate surface area is 186 Å². The zero-order valence-electron chi connectivity index (χ0n) is 18.4. The first-order valence-electron chi connectivity index (χ1n) is 10.6. The fraction of sp³-hybridized carbons (Fsp3) is 0.375. The van der Waals surface area contributed by atoms with E-state index in [4.69, 9.17) is 9.47 Å². The molecule has 0 saturated carbocycles. The highest BCUT2D eigenvalue weighted by atomic mass is 19.1. The summed E-state index contributed by atoms with van der Waals surface area (Å²) in [6, 6.07) is 7.84. The predicted octanol–water partition coefficient (Wildman–Crippen LogP) is 3.45. The minimum absolute atomic E-state index is 0.0176. The summed E-state index contributed by atoms with van der Waals surface area (Å²) < 4.78 is 25.8. The molecule has 0 aromatic heterocycles. The molecule has 1 saturated heterocycles. The molecule has 168 valence electrons. The van der Waals surface area contributed by atoms with Gasteiger partial charge in [-0.2, -0.15) is 0 Å². The molecular weight excluding hydrogens is 413 g/mol. The lowest BCUT2D eigenvalue weighted by Gasteiger charge is -2.24. The minimum Gasteiger partial charge on any atom is -0.496 e. The van der Waals surface area contributed by atoms with Crippen LogP contribution in [-0.2, 0) is 11.2 Å². The number of rotatable bonds is 4. The number of halogens is 1. The molecule has 32 heavy (non-hydrogen) atoms. The lowest BCUT2D eigenvalue weighted by Crippen LogP contribution is -2.30. The topological polar surface area (TPSA) is 80.2 Å². The fourth-order valence-electron chi connectivity index (χ4n) is 4.17. The number of aliphatic imine (C=N–C) groups is 1. The number of nitrogens with zero attached hydrogens (tertiary/aromatic N) is 2. The lowest BCUT2D eigenvalue weighted by atomic mass is 9.88. The Morgan fingerprint density at radius 3 is 2.44 bits per heavy atom. The molecule has 2 aliphatic heterocycles. The van der Waals surface area contributed by atoms with Gasteiger partial charge in [0.2, 0.25) is 0 Å². The first kappa shape index (κ1) is 22.0. The summed E-state index contributed by atoms with van der Waals surface area (Å²) in [7, 11) is 4.84. The Balaban J connectivity index is 1.57. The molecule has 0 spiro atoms. The number of carbonyl (C=O) groups excluding carboxylic acids is 2. The number of fused-ring (bicyclic) bond motifs is 1. The van der Waals surface area contributed by atoms with E-state index in [0.717, 1.165) is 18.4 Å². The number of hydrogen-bond donors (Lipinski definition) is 1. The Morgan fingerprint density at radius 2 is 1.81 bits per heavy atom. The molecule has 2 aliphatic rings. The van der Waals surface area contributed by atoms with E-state index < -0.39 is 0 Å². The highest BCUT2D eigenvalue weighted by Gasteiger charge is 2.30. The van der Waals surface area contributed by atoms with Crippen LogP contribution in [-0.4, -0.2) is 57.0 Å². The third kappa shape index (κ3) is 4.23. The maximum Gasteiger partial charge on any atom is 0.256 e. The van der Waals surface area contributed by atoms with Crippen LogP contribution in [0.5, 0.6) is 5.75 Å². The monoisotopic (exact) mass is 439 g/mol. The maximum absolute atomic E-state index is 15.0. The zero-order chi connectivity index (χ0) is 22.8. The van der Waals surface area contributed by atoms with Crippen molar-refractivity contribution in [1.29, 1.82) is 0 Å². The Bertz CT molecular complexity index is 1070. The molecule has 2 heterocycles. The van der Waals surface area contributed by atoms with Crippen LogP contribution in [0.1, 0.15) is 50.6 Å². The standard InChI is InChI=1S/C24H26FN3O4/c1-28(2)24(30)16-6-4-15(5-7-16)23(29)27-20-12-17-19(31-3)13-18(25)21(22(17)26-20)14-8-10-32-11-9-14/h4-7,13-14H,8-12H2,1-3H3,(H,26,27,29). The van der Waals surface area contributed by atoms with Gasteiger partial charge in [0.15, 0.2) is 0 Å². The molecule has 0 bridgehead atoms. The number of nitrogens with one attached hydrogen (secondary N) is 1. The number of benzene rings is 2. The van der Waals surface area contributed by atoms with E-state index in [1.807, 2.05) is 0 Å². The molecule has 0 radical (unpaired) electrons. The third-order valence-electron chi connectivity index (χ3n) is 5.85. The highest BCUT2D eigenvalue weighted by Crippen LogP contribution is 2.44. The van der Waals surface area contributed by atoms with Crippen molar-refractivity contribution >= 4 is 23.3 Å². The molecule has 7 nitrogen and oxygen atoms in total. The van der Waals surface area contributed by atoms with Crippen molar-refractivity contribution < 1.29 is 23.5 Å². The van der Waals surface area contributed by atoms with Crippen molar-refractivity contribution in [3.8, 4) is 5.75 Å². The van der Waals surface area contributed by atoms with E-state index >= 15 is 0 Å². The molecule has 4 rings (SSSR count). The van der Waals surface area contributed by atoms with Gasteiger partial charge in [-0.25, -0.2) is 9.38 Å². The van der Waals surface area contributed by atoms with Crippen molar-refractivity contribution in [2.45, 2.75) is 25.2 Å². The van der Waals surface area contributed by atoms with Crippen LogP contribution in [0.2, 0.25) is 0 Å². The molecule has 1 N–H and O–H groups in total. The second-order valence-electron chi connectivity index (χ2n) is 8.15. The number of hydrogen-bond acceptors (Lipinski definition) is 5. The highest BCUT2D eigenvalue weighted by molar-refractivity contribution is 6.09. The van der Waals surface area contributed by atoms with Gasteiger partial charge in [0.05, 0.1) is 12.8 Å². The van der Waals surface area contributed by atoms with E-state index in [9.17, 15) is 14.0 Å². The molecule has 0 aliphatic carbocycles. The molecule has 8 heteroatoms. The van der Waals surface area contributed by atoms with Crippen LogP contribution in [0.4, 0.5) is 10.1 Å². The number of ether oxygens (including phenoxy) is 2. The van der Waals surface area contributed by atoms with Crippen molar-refractivity contribution in [2.75, 3.05) is 34.4 Å². The quantitative estimate of drug-likeness (QED) is 0.791. The summed E-state index contributed by atoms with van der Waals surface area (Å²) in [4.78, 5) is 30.9. The summed E-state index contributed by atoms with van der Waals surface area (Å²) in [5, 5.41) is 2.83. The van der Waals surface area contributed by atoms with Gasteiger partial charge in [0, 0.05) is 62.1 Å². The maximum atomic E-state index is 15.0. The van der Waals surface area contributed by atoms with Crippen LogP contribution in [0.3, 0.4) is 0 Å². The summed E-state index contributed by atoms with van der Waals surface area (Å²) in [6.07, 6.45) is 1.80.